The van der Waals surface area contributed by atoms with E-state index in [2.05, 4.69) is 20.8 Å². The molecule has 0 aromatic heterocycles. The van der Waals surface area contributed by atoms with Crippen molar-refractivity contribution in [1.82, 2.24) is 0 Å². The van der Waals surface area contributed by atoms with E-state index in [1.54, 1.807) is 14.2 Å². The summed E-state index contributed by atoms with van der Waals surface area (Å²) in [4.78, 5) is 0. The number of hydrogen-bond acceptors (Lipinski definition) is 2. The molecule has 1 atom stereocenters. The highest BCUT2D eigenvalue weighted by Crippen LogP contribution is 2.34. The first-order valence-electron chi connectivity index (χ1n) is 8.80. The minimum Gasteiger partial charge on any atom is -0.353 e. The Kier molecular flexibility index (Phi) is 12.6. The Hall–Kier alpha value is -0.0800. The van der Waals surface area contributed by atoms with E-state index >= 15 is 0 Å². The molecule has 122 valence electrons. The van der Waals surface area contributed by atoms with Crippen LogP contribution in [0.3, 0.4) is 0 Å². The molecule has 2 nitrogen and oxygen atoms in total. The van der Waals surface area contributed by atoms with E-state index in [0.717, 1.165) is 6.42 Å². The topological polar surface area (TPSA) is 18.5 Å². The maximum Gasteiger partial charge on any atom is 0.170 e. The molecule has 0 aromatic carbocycles. The summed E-state index contributed by atoms with van der Waals surface area (Å²) in [6.07, 6.45) is 14.1. The first kappa shape index (κ1) is 19.9. The van der Waals surface area contributed by atoms with E-state index in [4.69, 9.17) is 9.47 Å². The highest BCUT2D eigenvalue weighted by atomic mass is 16.7. The molecule has 0 N–H and O–H groups in total. The van der Waals surface area contributed by atoms with Gasteiger partial charge in [0.25, 0.3) is 0 Å². The van der Waals surface area contributed by atoms with Crippen LogP contribution in [0.15, 0.2) is 0 Å². The second kappa shape index (κ2) is 12.6. The number of hydrogen-bond donors (Lipinski definition) is 0. The van der Waals surface area contributed by atoms with Gasteiger partial charge in [0.05, 0.1) is 0 Å². The number of unbranched alkanes of at least 4 members (excludes halogenated alkanes) is 6. The molecule has 1 unspecified atom stereocenters. The maximum atomic E-state index is 5.77. The molecule has 0 rings (SSSR count). The van der Waals surface area contributed by atoms with Gasteiger partial charge in [-0.25, -0.2) is 0 Å². The summed E-state index contributed by atoms with van der Waals surface area (Å²) in [6, 6.07) is 0. The normalized spacial score (nSPS) is 13.7. The molecule has 0 saturated carbocycles. The van der Waals surface area contributed by atoms with Crippen LogP contribution in [0, 0.1) is 5.92 Å². The molecule has 20 heavy (non-hydrogen) atoms. The van der Waals surface area contributed by atoms with Crippen molar-refractivity contribution in [2.75, 3.05) is 14.2 Å². The van der Waals surface area contributed by atoms with Crippen LogP contribution in [-0.2, 0) is 9.47 Å². The lowest BCUT2D eigenvalue weighted by atomic mass is 9.86. The molecule has 0 aliphatic carbocycles. The van der Waals surface area contributed by atoms with Crippen molar-refractivity contribution in [2.45, 2.75) is 97.2 Å². The number of methoxy groups -OCH3 is 2. The van der Waals surface area contributed by atoms with Gasteiger partial charge in [0, 0.05) is 20.1 Å². The Bertz CT molecular complexity index is 191. The Morgan fingerprint density at radius 1 is 0.700 bits per heavy atom. The van der Waals surface area contributed by atoms with Gasteiger partial charge in [-0.15, -0.1) is 0 Å². The third-order valence-corrected chi connectivity index (χ3v) is 4.62. The van der Waals surface area contributed by atoms with Gasteiger partial charge in [-0.1, -0.05) is 72.1 Å². The van der Waals surface area contributed by atoms with Crippen molar-refractivity contribution >= 4 is 0 Å². The van der Waals surface area contributed by atoms with E-state index in [1.165, 1.54) is 64.2 Å². The third kappa shape index (κ3) is 7.08. The largest absolute Gasteiger partial charge is 0.353 e. The summed E-state index contributed by atoms with van der Waals surface area (Å²) in [7, 11) is 3.60. The van der Waals surface area contributed by atoms with Crippen LogP contribution < -0.4 is 0 Å². The van der Waals surface area contributed by atoms with E-state index in [1.807, 2.05) is 0 Å². The van der Waals surface area contributed by atoms with Crippen molar-refractivity contribution in [3.05, 3.63) is 0 Å². The summed E-state index contributed by atoms with van der Waals surface area (Å²) in [5.41, 5.74) is 0. The average molecular weight is 286 g/mol. The summed E-state index contributed by atoms with van der Waals surface area (Å²) in [5.74, 6) is 0.173. The van der Waals surface area contributed by atoms with Crippen LogP contribution >= 0.6 is 0 Å². The lowest BCUT2D eigenvalue weighted by Gasteiger charge is -2.38. The Morgan fingerprint density at radius 2 is 1.20 bits per heavy atom. The maximum absolute atomic E-state index is 5.77. The molecule has 0 bridgehead atoms. The Balaban J connectivity index is 4.25. The van der Waals surface area contributed by atoms with Crippen LogP contribution in [0.25, 0.3) is 0 Å². The molecule has 2 heteroatoms. The summed E-state index contributed by atoms with van der Waals surface area (Å²) >= 11 is 0. The summed E-state index contributed by atoms with van der Waals surface area (Å²) < 4.78 is 11.5. The SMILES string of the molecule is CCCCCCCCC(CCCC)C(CC)(OC)OC. The quantitative estimate of drug-likeness (QED) is 0.290. The first-order chi connectivity index (χ1) is 9.70. The van der Waals surface area contributed by atoms with E-state index in [-0.39, 0.29) is 5.79 Å². The molecular weight excluding hydrogens is 248 g/mol. The zero-order chi connectivity index (χ0) is 15.3. The van der Waals surface area contributed by atoms with Gasteiger partial charge in [-0.05, 0) is 19.3 Å². The zero-order valence-electron chi connectivity index (χ0n) is 14.7. The van der Waals surface area contributed by atoms with Gasteiger partial charge in [-0.3, -0.25) is 0 Å². The van der Waals surface area contributed by atoms with Crippen LogP contribution in [0.5, 0.6) is 0 Å². The van der Waals surface area contributed by atoms with Gasteiger partial charge >= 0.3 is 0 Å². The van der Waals surface area contributed by atoms with Crippen molar-refractivity contribution < 1.29 is 9.47 Å². The van der Waals surface area contributed by atoms with Gasteiger partial charge in [0.15, 0.2) is 5.79 Å². The molecule has 0 fully saturated rings. The van der Waals surface area contributed by atoms with Crippen LogP contribution in [-0.4, -0.2) is 20.0 Å². The summed E-state index contributed by atoms with van der Waals surface area (Å²) in [5, 5.41) is 0. The smallest absolute Gasteiger partial charge is 0.170 e. The van der Waals surface area contributed by atoms with Crippen molar-refractivity contribution in [3.63, 3.8) is 0 Å². The molecule has 0 spiro atoms. The standard InChI is InChI=1S/C18H38O2/c1-6-9-11-12-13-14-16-17(15-10-7-2)18(8-3,19-4)20-5/h17H,6-16H2,1-5H3. The third-order valence-electron chi connectivity index (χ3n) is 4.62. The molecule has 0 aromatic rings. The second-order valence-corrected chi connectivity index (χ2v) is 5.97. The molecule has 0 heterocycles. The number of rotatable bonds is 14. The second-order valence-electron chi connectivity index (χ2n) is 5.97. The minimum atomic E-state index is -0.363. The fraction of sp³-hybridized carbons (Fsp3) is 1.00. The number of ether oxygens (including phenoxy) is 2. The average Bonchev–Trinajstić information content (AvgIpc) is 2.49. The molecule has 0 aliphatic rings. The van der Waals surface area contributed by atoms with Crippen LogP contribution in [0.2, 0.25) is 0 Å². The Labute approximate surface area is 127 Å². The molecular formula is C18H38O2. The van der Waals surface area contributed by atoms with Gasteiger partial charge < -0.3 is 9.47 Å². The van der Waals surface area contributed by atoms with Crippen molar-refractivity contribution in [2.24, 2.45) is 5.92 Å². The van der Waals surface area contributed by atoms with Crippen molar-refractivity contribution in [3.8, 4) is 0 Å². The fourth-order valence-corrected chi connectivity index (χ4v) is 3.20. The van der Waals surface area contributed by atoms with Gasteiger partial charge in [0.1, 0.15) is 0 Å². The lowest BCUT2D eigenvalue weighted by molar-refractivity contribution is -0.244. The van der Waals surface area contributed by atoms with Crippen LogP contribution in [0.4, 0.5) is 0 Å². The molecule has 0 saturated heterocycles. The fourth-order valence-electron chi connectivity index (χ4n) is 3.20. The molecule has 0 aliphatic heterocycles. The van der Waals surface area contributed by atoms with Crippen LogP contribution in [0.1, 0.15) is 91.4 Å². The highest BCUT2D eigenvalue weighted by Gasteiger charge is 2.36. The minimum absolute atomic E-state index is 0.363. The molecule has 0 amide bonds. The Morgan fingerprint density at radius 3 is 1.70 bits per heavy atom. The molecule has 0 radical (unpaired) electrons. The zero-order valence-corrected chi connectivity index (χ0v) is 14.7. The monoisotopic (exact) mass is 286 g/mol. The van der Waals surface area contributed by atoms with Gasteiger partial charge in [-0.2, -0.15) is 0 Å². The van der Waals surface area contributed by atoms with Crippen molar-refractivity contribution in [1.29, 1.82) is 0 Å². The van der Waals surface area contributed by atoms with Gasteiger partial charge in [0.2, 0.25) is 0 Å². The van der Waals surface area contributed by atoms with E-state index in [0.29, 0.717) is 5.92 Å². The first-order valence-corrected chi connectivity index (χ1v) is 8.80. The lowest BCUT2D eigenvalue weighted by Crippen LogP contribution is -2.41. The van der Waals surface area contributed by atoms with E-state index < -0.39 is 0 Å². The summed E-state index contributed by atoms with van der Waals surface area (Å²) in [6.45, 7) is 6.70. The predicted molar refractivity (Wildman–Crippen MR) is 88.0 cm³/mol. The van der Waals surface area contributed by atoms with E-state index in [9.17, 15) is 0 Å². The highest BCUT2D eigenvalue weighted by molar-refractivity contribution is 4.78. The predicted octanol–water partition coefficient (Wildman–Crippen LogP) is 5.94.